The average molecular weight is 258 g/mol. The van der Waals surface area contributed by atoms with Gasteiger partial charge in [-0.15, -0.1) is 0 Å². The van der Waals surface area contributed by atoms with Gasteiger partial charge in [0.25, 0.3) is 0 Å². The fourth-order valence-electron chi connectivity index (χ4n) is 2.14. The summed E-state index contributed by atoms with van der Waals surface area (Å²) < 4.78 is 5.61. The monoisotopic (exact) mass is 258 g/mol. The van der Waals surface area contributed by atoms with Crippen molar-refractivity contribution in [2.24, 2.45) is 11.7 Å². The molecule has 0 spiro atoms. The van der Waals surface area contributed by atoms with Crippen LogP contribution in [0.5, 0.6) is 0 Å². The van der Waals surface area contributed by atoms with Gasteiger partial charge in [-0.2, -0.15) is 0 Å². The number of rotatable bonds is 6. The second-order valence-electron chi connectivity index (χ2n) is 5.43. The molecule has 0 radical (unpaired) electrons. The van der Waals surface area contributed by atoms with E-state index in [4.69, 9.17) is 15.6 Å². The maximum atomic E-state index is 11.8. The Morgan fingerprint density at radius 2 is 2.11 bits per heavy atom. The molecule has 0 unspecified atom stereocenters. The molecule has 1 aliphatic rings. The van der Waals surface area contributed by atoms with Gasteiger partial charge in [0.1, 0.15) is 12.3 Å². The first-order chi connectivity index (χ1) is 8.47. The molecule has 1 fully saturated rings. The van der Waals surface area contributed by atoms with Gasteiger partial charge < -0.3 is 20.5 Å². The van der Waals surface area contributed by atoms with Gasteiger partial charge in [-0.25, -0.2) is 0 Å². The zero-order chi connectivity index (χ0) is 13.6. The van der Waals surface area contributed by atoms with Crippen LogP contribution in [0, 0.1) is 5.92 Å². The zero-order valence-electron chi connectivity index (χ0n) is 11.5. The van der Waals surface area contributed by atoms with Crippen molar-refractivity contribution in [2.75, 3.05) is 26.8 Å². The maximum Gasteiger partial charge on any atom is 0.248 e. The summed E-state index contributed by atoms with van der Waals surface area (Å²) in [6.07, 6.45) is 4.35. The second-order valence-corrected chi connectivity index (χ2v) is 5.43. The summed E-state index contributed by atoms with van der Waals surface area (Å²) in [7, 11) is 1.72. The molecule has 0 saturated heterocycles. The number of nitrogens with zero attached hydrogens (tertiary/aromatic N) is 1. The fraction of sp³-hybridized carbons (Fsp3) is 0.923. The number of carbonyl (C=O) groups excluding carboxylic acids is 1. The van der Waals surface area contributed by atoms with Crippen LogP contribution in [0.1, 0.15) is 39.0 Å². The number of nitrogens with two attached hydrogens (primary N) is 1. The number of ether oxygens (including phenoxy) is 1. The van der Waals surface area contributed by atoms with E-state index >= 15 is 0 Å². The molecule has 1 rings (SSSR count). The van der Waals surface area contributed by atoms with Crippen LogP contribution in [-0.4, -0.2) is 48.4 Å². The van der Waals surface area contributed by atoms with Gasteiger partial charge in [0, 0.05) is 20.2 Å². The van der Waals surface area contributed by atoms with Crippen LogP contribution in [0.4, 0.5) is 0 Å². The lowest BCUT2D eigenvalue weighted by Gasteiger charge is -2.36. The van der Waals surface area contributed by atoms with Crippen molar-refractivity contribution < 1.29 is 14.6 Å². The number of amides is 1. The topological polar surface area (TPSA) is 75.8 Å². The van der Waals surface area contributed by atoms with Gasteiger partial charge in [-0.3, -0.25) is 4.79 Å². The van der Waals surface area contributed by atoms with Crippen LogP contribution in [0.2, 0.25) is 0 Å². The molecule has 0 bridgehead atoms. The molecule has 0 atom stereocenters. The maximum absolute atomic E-state index is 11.8. The molecule has 0 heterocycles. The highest BCUT2D eigenvalue weighted by molar-refractivity contribution is 5.77. The summed E-state index contributed by atoms with van der Waals surface area (Å²) in [6.45, 7) is 2.89. The number of carbonyl (C=O) groups is 1. The van der Waals surface area contributed by atoms with Crippen molar-refractivity contribution in [3.05, 3.63) is 0 Å². The third-order valence-corrected chi connectivity index (χ3v) is 3.68. The predicted molar refractivity (Wildman–Crippen MR) is 69.8 cm³/mol. The molecule has 5 heteroatoms. The van der Waals surface area contributed by atoms with Gasteiger partial charge in [0.05, 0.1) is 0 Å². The van der Waals surface area contributed by atoms with E-state index in [2.05, 4.69) is 6.92 Å². The number of likely N-dealkylation sites (N-methyl/N-ethyl adjacent to an activating group) is 1. The molecule has 1 saturated carbocycles. The number of aliphatic hydroxyl groups is 1. The molecular weight excluding hydrogens is 232 g/mol. The van der Waals surface area contributed by atoms with Crippen LogP contribution in [0.25, 0.3) is 0 Å². The highest BCUT2D eigenvalue weighted by Gasteiger charge is 2.31. The van der Waals surface area contributed by atoms with E-state index < -0.39 is 5.72 Å². The van der Waals surface area contributed by atoms with Crippen molar-refractivity contribution in [1.29, 1.82) is 0 Å². The Bertz CT molecular complexity index is 263. The molecule has 0 aromatic rings. The van der Waals surface area contributed by atoms with Gasteiger partial charge in [0.2, 0.25) is 5.91 Å². The van der Waals surface area contributed by atoms with E-state index in [1.165, 1.54) is 0 Å². The summed E-state index contributed by atoms with van der Waals surface area (Å²) in [4.78, 5) is 13.3. The summed E-state index contributed by atoms with van der Waals surface area (Å²) in [5.41, 5.74) is 5.51. The Balaban J connectivity index is 2.29. The normalized spacial score (nSPS) is 28.1. The van der Waals surface area contributed by atoms with Crippen LogP contribution in [0.15, 0.2) is 0 Å². The van der Waals surface area contributed by atoms with Crippen LogP contribution >= 0.6 is 0 Å². The van der Waals surface area contributed by atoms with Gasteiger partial charge >= 0.3 is 0 Å². The quantitative estimate of drug-likeness (QED) is 0.688. The third-order valence-electron chi connectivity index (χ3n) is 3.68. The Hall–Kier alpha value is -0.650. The third kappa shape index (κ3) is 4.92. The molecule has 18 heavy (non-hydrogen) atoms. The standard InChI is InChI=1S/C13H26N2O3/c1-11-4-6-13(14,7-5-11)18-10-12(17)15(2)8-3-9-16/h11,16H,3-10,14H2,1-2H3/t11-,13-. The fourth-order valence-corrected chi connectivity index (χ4v) is 2.14. The van der Waals surface area contributed by atoms with Crippen LogP contribution < -0.4 is 5.73 Å². The summed E-state index contributed by atoms with van der Waals surface area (Å²) in [5.74, 6) is 0.625. The Morgan fingerprint density at radius 1 is 1.50 bits per heavy atom. The first kappa shape index (κ1) is 15.4. The molecule has 5 nitrogen and oxygen atoms in total. The molecule has 0 aliphatic heterocycles. The molecule has 0 aromatic carbocycles. The average Bonchev–Trinajstić information content (AvgIpc) is 2.37. The molecule has 0 aromatic heterocycles. The van der Waals surface area contributed by atoms with E-state index in [9.17, 15) is 4.79 Å². The molecule has 106 valence electrons. The van der Waals surface area contributed by atoms with Gasteiger partial charge in [-0.1, -0.05) is 6.92 Å². The SMILES string of the molecule is CN(CCCO)C(=O)CO[C@]1(N)CC[C@@H](C)CC1. The predicted octanol–water partition coefficient (Wildman–Crippen LogP) is 0.709. The van der Waals surface area contributed by atoms with E-state index in [-0.39, 0.29) is 19.1 Å². The molecule has 3 N–H and O–H groups in total. The summed E-state index contributed by atoms with van der Waals surface area (Å²) >= 11 is 0. The summed E-state index contributed by atoms with van der Waals surface area (Å²) in [6, 6.07) is 0. The minimum absolute atomic E-state index is 0.0345. The van der Waals surface area contributed by atoms with E-state index in [1.807, 2.05) is 0 Å². The van der Waals surface area contributed by atoms with E-state index in [0.717, 1.165) is 25.7 Å². The minimum Gasteiger partial charge on any atom is -0.396 e. The van der Waals surface area contributed by atoms with Crippen LogP contribution in [0.3, 0.4) is 0 Å². The largest absolute Gasteiger partial charge is 0.396 e. The van der Waals surface area contributed by atoms with Crippen molar-refractivity contribution in [3.63, 3.8) is 0 Å². The molecular formula is C13H26N2O3. The smallest absolute Gasteiger partial charge is 0.248 e. The van der Waals surface area contributed by atoms with Crippen molar-refractivity contribution in [2.45, 2.75) is 44.8 Å². The number of hydrogen-bond donors (Lipinski definition) is 2. The first-order valence-corrected chi connectivity index (χ1v) is 6.74. The lowest BCUT2D eigenvalue weighted by molar-refractivity contribution is -0.145. The Morgan fingerprint density at radius 3 is 2.67 bits per heavy atom. The minimum atomic E-state index is -0.625. The van der Waals surface area contributed by atoms with Gasteiger partial charge in [-0.05, 0) is 38.0 Å². The van der Waals surface area contributed by atoms with Crippen molar-refractivity contribution in [3.8, 4) is 0 Å². The summed E-state index contributed by atoms with van der Waals surface area (Å²) in [5, 5.41) is 8.71. The molecule has 1 aliphatic carbocycles. The Labute approximate surface area is 109 Å². The van der Waals surface area contributed by atoms with Gasteiger partial charge in [0.15, 0.2) is 0 Å². The molecule has 1 amide bonds. The highest BCUT2D eigenvalue weighted by atomic mass is 16.5. The zero-order valence-corrected chi connectivity index (χ0v) is 11.5. The first-order valence-electron chi connectivity index (χ1n) is 6.74. The van der Waals surface area contributed by atoms with Crippen molar-refractivity contribution in [1.82, 2.24) is 4.90 Å². The number of aliphatic hydroxyl groups excluding tert-OH is 1. The Kier molecular flexibility index (Phi) is 6.05. The lowest BCUT2D eigenvalue weighted by Crippen LogP contribution is -2.47. The van der Waals surface area contributed by atoms with Crippen molar-refractivity contribution >= 4 is 5.91 Å². The van der Waals surface area contributed by atoms with E-state index in [0.29, 0.717) is 18.9 Å². The highest BCUT2D eigenvalue weighted by Crippen LogP contribution is 2.30. The van der Waals surface area contributed by atoms with E-state index in [1.54, 1.807) is 11.9 Å². The lowest BCUT2D eigenvalue weighted by atomic mass is 9.85. The second kappa shape index (κ2) is 7.07. The van der Waals surface area contributed by atoms with Crippen LogP contribution in [-0.2, 0) is 9.53 Å². The number of hydrogen-bond acceptors (Lipinski definition) is 4.